The number of nitrogens with zero attached hydrogens (tertiary/aromatic N) is 1. The Hall–Kier alpha value is -1.65. The summed E-state index contributed by atoms with van der Waals surface area (Å²) >= 11 is 0. The second-order valence-corrected chi connectivity index (χ2v) is 4.25. The van der Waals surface area contributed by atoms with Gasteiger partial charge < -0.3 is 15.8 Å². The predicted octanol–water partition coefficient (Wildman–Crippen LogP) is 1.69. The van der Waals surface area contributed by atoms with Crippen molar-refractivity contribution >= 4 is 0 Å². The van der Waals surface area contributed by atoms with Crippen LogP contribution in [0.1, 0.15) is 23.1 Å². The smallest absolute Gasteiger partial charge is 0.126 e. The highest BCUT2D eigenvalue weighted by Gasteiger charge is 2.13. The van der Waals surface area contributed by atoms with Crippen molar-refractivity contribution in [2.45, 2.75) is 19.9 Å². The molecule has 0 bridgehead atoms. The van der Waals surface area contributed by atoms with Crippen molar-refractivity contribution in [1.29, 1.82) is 0 Å². The first-order valence-electron chi connectivity index (χ1n) is 5.62. The maximum Gasteiger partial charge on any atom is 0.126 e. The van der Waals surface area contributed by atoms with E-state index in [9.17, 15) is 0 Å². The van der Waals surface area contributed by atoms with E-state index in [0.29, 0.717) is 5.82 Å². The summed E-state index contributed by atoms with van der Waals surface area (Å²) in [6.07, 6.45) is 0. The first kappa shape index (κ1) is 11.8. The topological polar surface area (TPSA) is 74.9 Å². The van der Waals surface area contributed by atoms with Crippen LogP contribution in [-0.2, 0) is 0 Å². The molecule has 0 fully saturated rings. The number of nitrogens with one attached hydrogen (secondary N) is 1. The normalized spacial score (nSPS) is 12.7. The largest absolute Gasteiger partial charge is 0.394 e. The highest BCUT2D eigenvalue weighted by molar-refractivity contribution is 5.62. The van der Waals surface area contributed by atoms with Crippen molar-refractivity contribution in [3.05, 3.63) is 41.3 Å². The van der Waals surface area contributed by atoms with Crippen LogP contribution in [0, 0.1) is 13.8 Å². The summed E-state index contributed by atoms with van der Waals surface area (Å²) in [5.74, 6) is 0.626. The molecular formula is C13H17N3O. The van der Waals surface area contributed by atoms with Gasteiger partial charge in [-0.05, 0) is 19.9 Å². The summed E-state index contributed by atoms with van der Waals surface area (Å²) in [5, 5.41) is 9.02. The van der Waals surface area contributed by atoms with Crippen LogP contribution in [0.2, 0.25) is 0 Å². The lowest BCUT2D eigenvalue weighted by atomic mass is 10.1. The van der Waals surface area contributed by atoms with E-state index in [2.05, 4.69) is 16.0 Å². The fourth-order valence-electron chi connectivity index (χ4n) is 1.82. The molecule has 0 aliphatic heterocycles. The van der Waals surface area contributed by atoms with E-state index in [-0.39, 0.29) is 6.61 Å². The third-order valence-corrected chi connectivity index (χ3v) is 2.74. The summed E-state index contributed by atoms with van der Waals surface area (Å²) in [6.45, 7) is 3.89. The molecule has 4 N–H and O–H groups in total. The molecule has 2 rings (SSSR count). The first-order valence-corrected chi connectivity index (χ1v) is 5.62. The van der Waals surface area contributed by atoms with Crippen molar-refractivity contribution < 1.29 is 5.11 Å². The van der Waals surface area contributed by atoms with Gasteiger partial charge in [-0.1, -0.05) is 23.8 Å². The zero-order chi connectivity index (χ0) is 12.4. The summed E-state index contributed by atoms with van der Waals surface area (Å²) in [5.41, 5.74) is 9.86. The molecule has 4 nitrogen and oxygen atoms in total. The minimum Gasteiger partial charge on any atom is -0.394 e. The monoisotopic (exact) mass is 231 g/mol. The van der Waals surface area contributed by atoms with Crippen LogP contribution in [0.5, 0.6) is 0 Å². The Morgan fingerprint density at radius 3 is 2.82 bits per heavy atom. The third kappa shape index (κ3) is 2.38. The van der Waals surface area contributed by atoms with Crippen LogP contribution in [0.3, 0.4) is 0 Å². The Kier molecular flexibility index (Phi) is 3.26. The number of benzene rings is 1. The number of aliphatic hydroxyl groups excluding tert-OH is 1. The van der Waals surface area contributed by atoms with Crippen molar-refractivity contribution in [1.82, 2.24) is 9.97 Å². The lowest BCUT2D eigenvalue weighted by Gasteiger charge is -2.02. The van der Waals surface area contributed by atoms with Gasteiger partial charge in [0, 0.05) is 11.3 Å². The minimum atomic E-state index is -0.452. The van der Waals surface area contributed by atoms with Gasteiger partial charge in [0.2, 0.25) is 0 Å². The van der Waals surface area contributed by atoms with E-state index in [4.69, 9.17) is 10.8 Å². The second kappa shape index (κ2) is 4.69. The number of nitrogens with two attached hydrogens (primary N) is 1. The summed E-state index contributed by atoms with van der Waals surface area (Å²) in [7, 11) is 0. The average Bonchev–Trinajstić information content (AvgIpc) is 2.70. The minimum absolute atomic E-state index is 0.111. The number of hydrogen-bond donors (Lipinski definition) is 3. The van der Waals surface area contributed by atoms with E-state index >= 15 is 0 Å². The number of aromatic nitrogens is 2. The van der Waals surface area contributed by atoms with Crippen LogP contribution in [0.25, 0.3) is 11.3 Å². The van der Waals surface area contributed by atoms with Gasteiger partial charge in [-0.15, -0.1) is 0 Å². The molecule has 0 saturated heterocycles. The first-order chi connectivity index (χ1) is 8.11. The number of hydrogen-bond acceptors (Lipinski definition) is 3. The Morgan fingerprint density at radius 1 is 1.41 bits per heavy atom. The summed E-state index contributed by atoms with van der Waals surface area (Å²) in [4.78, 5) is 7.57. The average molecular weight is 231 g/mol. The SMILES string of the molecule is Cc1cccc(-c2nc(C(N)CO)[nH]c2C)c1. The van der Waals surface area contributed by atoms with E-state index in [1.165, 1.54) is 5.56 Å². The molecule has 1 heterocycles. The van der Waals surface area contributed by atoms with E-state index < -0.39 is 6.04 Å². The van der Waals surface area contributed by atoms with E-state index in [0.717, 1.165) is 17.0 Å². The van der Waals surface area contributed by atoms with Crippen molar-refractivity contribution in [3.8, 4) is 11.3 Å². The van der Waals surface area contributed by atoms with Crippen molar-refractivity contribution in [3.63, 3.8) is 0 Å². The van der Waals surface area contributed by atoms with Crippen LogP contribution < -0.4 is 5.73 Å². The predicted molar refractivity (Wildman–Crippen MR) is 67.5 cm³/mol. The van der Waals surface area contributed by atoms with Crippen molar-refractivity contribution in [2.24, 2.45) is 5.73 Å². The van der Waals surface area contributed by atoms with Gasteiger partial charge in [0.25, 0.3) is 0 Å². The maximum atomic E-state index is 9.02. The number of imidazole rings is 1. The molecule has 4 heteroatoms. The van der Waals surface area contributed by atoms with Crippen LogP contribution in [-0.4, -0.2) is 21.7 Å². The van der Waals surface area contributed by atoms with Crippen LogP contribution >= 0.6 is 0 Å². The van der Waals surface area contributed by atoms with Gasteiger partial charge in [0.05, 0.1) is 18.3 Å². The molecule has 0 amide bonds. The fourth-order valence-corrected chi connectivity index (χ4v) is 1.82. The van der Waals surface area contributed by atoms with E-state index in [1.54, 1.807) is 0 Å². The number of aryl methyl sites for hydroxylation is 2. The Morgan fingerprint density at radius 2 is 2.18 bits per heavy atom. The molecule has 1 unspecified atom stereocenters. The molecule has 1 aromatic heterocycles. The van der Waals surface area contributed by atoms with Gasteiger partial charge >= 0.3 is 0 Å². The standard InChI is InChI=1S/C13H17N3O/c1-8-4-3-5-10(6-8)12-9(2)15-13(16-12)11(14)7-17/h3-6,11,17H,7,14H2,1-2H3,(H,15,16). The quantitative estimate of drug-likeness (QED) is 0.752. The van der Waals surface area contributed by atoms with Gasteiger partial charge in [-0.25, -0.2) is 4.98 Å². The molecule has 1 atom stereocenters. The fraction of sp³-hybridized carbons (Fsp3) is 0.308. The highest BCUT2D eigenvalue weighted by atomic mass is 16.3. The molecule has 17 heavy (non-hydrogen) atoms. The van der Waals surface area contributed by atoms with Crippen molar-refractivity contribution in [2.75, 3.05) is 6.61 Å². The van der Waals surface area contributed by atoms with E-state index in [1.807, 2.05) is 32.0 Å². The number of aromatic amines is 1. The number of aliphatic hydroxyl groups is 1. The molecule has 0 saturated carbocycles. The molecule has 0 spiro atoms. The van der Waals surface area contributed by atoms with Gasteiger partial charge in [-0.3, -0.25) is 0 Å². The Bertz CT molecular complexity index is 519. The molecule has 0 radical (unpaired) electrons. The number of rotatable bonds is 3. The maximum absolute atomic E-state index is 9.02. The lowest BCUT2D eigenvalue weighted by Crippen LogP contribution is -2.16. The zero-order valence-electron chi connectivity index (χ0n) is 10.1. The zero-order valence-corrected chi connectivity index (χ0v) is 10.1. The summed E-state index contributed by atoms with van der Waals surface area (Å²) in [6, 6.07) is 7.70. The summed E-state index contributed by atoms with van der Waals surface area (Å²) < 4.78 is 0. The van der Waals surface area contributed by atoms with Gasteiger partial charge in [0.1, 0.15) is 5.82 Å². The molecular weight excluding hydrogens is 214 g/mol. The van der Waals surface area contributed by atoms with Crippen LogP contribution in [0.15, 0.2) is 24.3 Å². The van der Waals surface area contributed by atoms with Crippen LogP contribution in [0.4, 0.5) is 0 Å². The molecule has 0 aliphatic carbocycles. The number of H-pyrrole nitrogens is 1. The Balaban J connectivity index is 2.42. The second-order valence-electron chi connectivity index (χ2n) is 4.25. The molecule has 2 aromatic rings. The molecule has 90 valence electrons. The van der Waals surface area contributed by atoms with Gasteiger partial charge in [-0.2, -0.15) is 0 Å². The molecule has 0 aliphatic rings. The highest BCUT2D eigenvalue weighted by Crippen LogP contribution is 2.23. The Labute approximate surface area is 101 Å². The third-order valence-electron chi connectivity index (χ3n) is 2.74. The lowest BCUT2D eigenvalue weighted by molar-refractivity contribution is 0.264. The molecule has 1 aromatic carbocycles. The van der Waals surface area contributed by atoms with Gasteiger partial charge in [0.15, 0.2) is 0 Å².